The zero-order valence-electron chi connectivity index (χ0n) is 20.5. The Labute approximate surface area is 208 Å². The van der Waals surface area contributed by atoms with Gasteiger partial charge in [0.15, 0.2) is 11.5 Å². The molecule has 0 bridgehead atoms. The molecule has 1 fully saturated rings. The fourth-order valence-corrected chi connectivity index (χ4v) is 5.54. The Kier molecular flexibility index (Phi) is 8.05. The van der Waals surface area contributed by atoms with Crippen LogP contribution in [0.1, 0.15) is 50.6 Å². The van der Waals surface area contributed by atoms with E-state index in [-0.39, 0.29) is 24.9 Å². The first kappa shape index (κ1) is 25.2. The molecule has 1 atom stereocenters. The van der Waals surface area contributed by atoms with Crippen molar-refractivity contribution in [2.24, 2.45) is 0 Å². The van der Waals surface area contributed by atoms with Crippen molar-refractivity contribution >= 4 is 27.3 Å². The maximum absolute atomic E-state index is 12.6. The molecule has 35 heavy (non-hydrogen) atoms. The molecule has 8 nitrogen and oxygen atoms in total. The summed E-state index contributed by atoms with van der Waals surface area (Å²) in [6, 6.07) is 13.4. The number of fused-ring (bicyclic) bond motifs is 1. The van der Waals surface area contributed by atoms with E-state index in [0.29, 0.717) is 36.8 Å². The summed E-state index contributed by atoms with van der Waals surface area (Å²) < 4.78 is 37.3. The number of amides is 1. The van der Waals surface area contributed by atoms with Crippen LogP contribution < -0.4 is 24.0 Å². The summed E-state index contributed by atoms with van der Waals surface area (Å²) in [6.07, 6.45) is 5.57. The number of nitrogens with one attached hydrogen (secondary N) is 1. The molecule has 0 saturated carbocycles. The van der Waals surface area contributed by atoms with Crippen LogP contribution in [0.3, 0.4) is 0 Å². The molecular formula is C26H35N3O5S. The number of anilines is 2. The fraction of sp³-hybridized carbons (Fsp3) is 0.500. The summed E-state index contributed by atoms with van der Waals surface area (Å²) in [7, 11) is -3.52. The Balaban J connectivity index is 1.30. The monoisotopic (exact) mass is 501 g/mol. The second-order valence-electron chi connectivity index (χ2n) is 9.20. The van der Waals surface area contributed by atoms with Gasteiger partial charge in [0.25, 0.3) is 0 Å². The highest BCUT2D eigenvalue weighted by atomic mass is 32.2. The van der Waals surface area contributed by atoms with Crippen LogP contribution in [0.4, 0.5) is 11.4 Å². The average Bonchev–Trinajstić information content (AvgIpc) is 2.86. The minimum atomic E-state index is -3.52. The Morgan fingerprint density at radius 2 is 1.71 bits per heavy atom. The predicted octanol–water partition coefficient (Wildman–Crippen LogP) is 3.87. The molecule has 4 rings (SSSR count). The first-order valence-corrected chi connectivity index (χ1v) is 14.2. The van der Waals surface area contributed by atoms with E-state index >= 15 is 0 Å². The third kappa shape index (κ3) is 6.60. The molecule has 0 aliphatic carbocycles. The summed E-state index contributed by atoms with van der Waals surface area (Å²) >= 11 is 0. The van der Waals surface area contributed by atoms with Crippen molar-refractivity contribution in [2.45, 2.75) is 45.1 Å². The van der Waals surface area contributed by atoms with Gasteiger partial charge in [0.2, 0.25) is 15.9 Å². The second kappa shape index (κ2) is 11.2. The van der Waals surface area contributed by atoms with Crippen molar-refractivity contribution in [1.29, 1.82) is 0 Å². The number of benzene rings is 2. The van der Waals surface area contributed by atoms with Crippen LogP contribution in [0, 0.1) is 0 Å². The molecule has 1 amide bonds. The molecule has 0 unspecified atom stereocenters. The highest BCUT2D eigenvalue weighted by Crippen LogP contribution is 2.34. The van der Waals surface area contributed by atoms with E-state index in [4.69, 9.17) is 9.47 Å². The highest BCUT2D eigenvalue weighted by Gasteiger charge is 2.21. The largest absolute Gasteiger partial charge is 0.486 e. The number of hydrogen-bond acceptors (Lipinski definition) is 6. The van der Waals surface area contributed by atoms with Crippen molar-refractivity contribution in [3.63, 3.8) is 0 Å². The van der Waals surface area contributed by atoms with Crippen LogP contribution in [-0.2, 0) is 14.8 Å². The highest BCUT2D eigenvalue weighted by molar-refractivity contribution is 7.92. The Morgan fingerprint density at radius 3 is 2.40 bits per heavy atom. The number of rotatable bonds is 9. The SMILES string of the molecule is C[C@@H](NC(=O)CCCN(c1ccc2c(c1)OCCO2)S(C)(=O)=O)c1ccc(N2CCCCC2)cc1. The minimum absolute atomic E-state index is 0.103. The van der Waals surface area contributed by atoms with Crippen molar-refractivity contribution in [1.82, 2.24) is 5.32 Å². The van der Waals surface area contributed by atoms with Crippen LogP contribution in [0.5, 0.6) is 11.5 Å². The minimum Gasteiger partial charge on any atom is -0.486 e. The van der Waals surface area contributed by atoms with Crippen LogP contribution in [0.25, 0.3) is 0 Å². The average molecular weight is 502 g/mol. The molecule has 0 aromatic heterocycles. The zero-order valence-corrected chi connectivity index (χ0v) is 21.4. The lowest BCUT2D eigenvalue weighted by Crippen LogP contribution is -2.32. The van der Waals surface area contributed by atoms with E-state index in [1.807, 2.05) is 6.92 Å². The molecular weight excluding hydrogens is 466 g/mol. The molecule has 2 aliphatic rings. The first-order valence-electron chi connectivity index (χ1n) is 12.3. The second-order valence-corrected chi connectivity index (χ2v) is 11.1. The maximum Gasteiger partial charge on any atom is 0.232 e. The van der Waals surface area contributed by atoms with Gasteiger partial charge in [-0.25, -0.2) is 8.42 Å². The van der Waals surface area contributed by atoms with Gasteiger partial charge in [-0.05, 0) is 62.4 Å². The maximum atomic E-state index is 12.6. The quantitative estimate of drug-likeness (QED) is 0.561. The summed E-state index contributed by atoms with van der Waals surface area (Å²) in [6.45, 7) is 5.26. The van der Waals surface area contributed by atoms with Crippen LogP contribution >= 0.6 is 0 Å². The van der Waals surface area contributed by atoms with Gasteiger partial charge in [0.05, 0.1) is 18.0 Å². The van der Waals surface area contributed by atoms with Gasteiger partial charge >= 0.3 is 0 Å². The van der Waals surface area contributed by atoms with E-state index < -0.39 is 10.0 Å². The Hall–Kier alpha value is -2.94. The summed E-state index contributed by atoms with van der Waals surface area (Å²) in [5.74, 6) is 1.03. The number of ether oxygens (including phenoxy) is 2. The zero-order chi connectivity index (χ0) is 24.8. The normalized spacial score (nSPS) is 16.5. The molecule has 190 valence electrons. The smallest absolute Gasteiger partial charge is 0.232 e. The third-order valence-corrected chi connectivity index (χ3v) is 7.66. The van der Waals surface area contributed by atoms with Crippen molar-refractivity contribution in [3.8, 4) is 11.5 Å². The summed E-state index contributed by atoms with van der Waals surface area (Å²) in [5, 5.41) is 3.03. The molecule has 0 radical (unpaired) electrons. The van der Waals surface area contributed by atoms with E-state index in [9.17, 15) is 13.2 Å². The number of hydrogen-bond donors (Lipinski definition) is 1. The summed E-state index contributed by atoms with van der Waals surface area (Å²) in [5.41, 5.74) is 2.78. The van der Waals surface area contributed by atoms with Crippen molar-refractivity contribution in [2.75, 3.05) is 48.3 Å². The molecule has 0 spiro atoms. The number of carbonyl (C=O) groups is 1. The lowest BCUT2D eigenvalue weighted by molar-refractivity contribution is -0.121. The third-order valence-electron chi connectivity index (χ3n) is 6.47. The molecule has 2 heterocycles. The van der Waals surface area contributed by atoms with Gasteiger partial charge in [-0.3, -0.25) is 9.10 Å². The number of nitrogens with zero attached hydrogens (tertiary/aromatic N) is 2. The van der Waals surface area contributed by atoms with Crippen molar-refractivity contribution in [3.05, 3.63) is 48.0 Å². The lowest BCUT2D eigenvalue weighted by atomic mass is 10.1. The van der Waals surface area contributed by atoms with Crippen LogP contribution in [0.15, 0.2) is 42.5 Å². The van der Waals surface area contributed by atoms with Gasteiger partial charge in [-0.1, -0.05) is 12.1 Å². The van der Waals surface area contributed by atoms with Gasteiger partial charge in [0, 0.05) is 37.8 Å². The van der Waals surface area contributed by atoms with Crippen molar-refractivity contribution < 1.29 is 22.7 Å². The number of carbonyl (C=O) groups excluding carboxylic acids is 1. The molecule has 2 aliphatic heterocycles. The Morgan fingerprint density at radius 1 is 1.03 bits per heavy atom. The van der Waals surface area contributed by atoms with Gasteiger partial charge in [-0.2, -0.15) is 0 Å². The molecule has 2 aromatic rings. The van der Waals surface area contributed by atoms with E-state index in [2.05, 4.69) is 34.5 Å². The van der Waals surface area contributed by atoms with E-state index in [1.165, 1.54) is 35.5 Å². The predicted molar refractivity (Wildman–Crippen MR) is 138 cm³/mol. The van der Waals surface area contributed by atoms with Gasteiger partial charge in [0.1, 0.15) is 13.2 Å². The summed E-state index contributed by atoms with van der Waals surface area (Å²) in [4.78, 5) is 15.0. The van der Waals surface area contributed by atoms with Crippen LogP contribution in [0.2, 0.25) is 0 Å². The molecule has 2 aromatic carbocycles. The number of sulfonamides is 1. The number of piperidine rings is 1. The molecule has 9 heteroatoms. The first-order chi connectivity index (χ1) is 16.8. The van der Waals surface area contributed by atoms with E-state index in [1.54, 1.807) is 18.2 Å². The van der Waals surface area contributed by atoms with Gasteiger partial charge < -0.3 is 19.7 Å². The topological polar surface area (TPSA) is 88.2 Å². The lowest BCUT2D eigenvalue weighted by Gasteiger charge is -2.29. The molecule has 1 N–H and O–H groups in total. The van der Waals surface area contributed by atoms with Gasteiger partial charge in [-0.15, -0.1) is 0 Å². The van der Waals surface area contributed by atoms with Crippen LogP contribution in [-0.4, -0.2) is 53.4 Å². The standard InChI is InChI=1S/C26H35N3O5S/c1-20(21-8-10-22(11-9-21)28-14-4-3-5-15-28)27-26(30)7-6-16-29(35(2,31)32)23-12-13-24-25(19-23)34-18-17-33-24/h8-13,19-20H,3-7,14-18H2,1-2H3,(H,27,30)/t20-/m1/s1. The van der Waals surface area contributed by atoms with E-state index in [0.717, 1.165) is 18.7 Å². The fourth-order valence-electron chi connectivity index (χ4n) is 4.58. The molecule has 1 saturated heterocycles. The Bertz CT molecular complexity index is 1110.